The monoisotopic (exact) mass is 363 g/mol. The van der Waals surface area contributed by atoms with Gasteiger partial charge in [0.25, 0.3) is 6.01 Å². The van der Waals surface area contributed by atoms with Crippen LogP contribution >= 0.6 is 0 Å². The van der Waals surface area contributed by atoms with E-state index >= 15 is 0 Å². The summed E-state index contributed by atoms with van der Waals surface area (Å²) in [5, 5.41) is 9.23. The lowest BCUT2D eigenvalue weighted by molar-refractivity contribution is -0.118. The molecular weight excluding hydrogens is 346 g/mol. The first-order chi connectivity index (χ1) is 13.0. The number of aromatic carboxylic acids is 1. The van der Waals surface area contributed by atoms with Crippen molar-refractivity contribution in [3.63, 3.8) is 0 Å². The Bertz CT molecular complexity index is 1030. The zero-order valence-electron chi connectivity index (χ0n) is 14.6. The fourth-order valence-corrected chi connectivity index (χ4v) is 3.08. The van der Waals surface area contributed by atoms with Crippen molar-refractivity contribution in [1.82, 2.24) is 9.97 Å². The summed E-state index contributed by atoms with van der Waals surface area (Å²) in [6.45, 7) is 2.10. The largest absolute Gasteiger partial charge is 0.478 e. The number of aromatic nitrogens is 2. The maximum atomic E-state index is 12.4. The Kier molecular flexibility index (Phi) is 4.12. The quantitative estimate of drug-likeness (QED) is 0.741. The molecule has 27 heavy (non-hydrogen) atoms. The lowest BCUT2D eigenvalue weighted by atomic mass is 10.1. The first kappa shape index (κ1) is 16.8. The fourth-order valence-electron chi connectivity index (χ4n) is 3.08. The number of aromatic amines is 1. The van der Waals surface area contributed by atoms with E-state index in [9.17, 15) is 14.7 Å². The van der Waals surface area contributed by atoms with Gasteiger partial charge in [-0.15, -0.1) is 0 Å². The number of hydrogen-bond acceptors (Lipinski definition) is 4. The van der Waals surface area contributed by atoms with E-state index in [1.807, 2.05) is 30.3 Å². The number of aryl methyl sites for hydroxylation is 1. The number of fused-ring (bicyclic) bond motifs is 1. The van der Waals surface area contributed by atoms with Crippen molar-refractivity contribution in [2.45, 2.75) is 19.9 Å². The number of carboxylic acid groups (broad SMARTS) is 1. The van der Waals surface area contributed by atoms with Gasteiger partial charge in [0.15, 0.2) is 0 Å². The number of nitrogens with one attached hydrogen (secondary N) is 1. The van der Waals surface area contributed by atoms with E-state index in [-0.39, 0.29) is 23.9 Å². The van der Waals surface area contributed by atoms with Crippen LogP contribution in [-0.2, 0) is 17.8 Å². The van der Waals surface area contributed by atoms with Gasteiger partial charge in [-0.05, 0) is 36.8 Å². The second-order valence-corrected chi connectivity index (χ2v) is 6.34. The maximum Gasteiger partial charge on any atom is 0.336 e. The minimum Gasteiger partial charge on any atom is -0.478 e. The highest BCUT2D eigenvalue weighted by atomic mass is 16.5. The summed E-state index contributed by atoms with van der Waals surface area (Å²) in [6, 6.07) is 14.5. The van der Waals surface area contributed by atoms with E-state index in [0.717, 1.165) is 11.4 Å². The Balaban J connectivity index is 1.58. The van der Waals surface area contributed by atoms with Crippen LogP contribution in [0.25, 0.3) is 0 Å². The van der Waals surface area contributed by atoms with E-state index in [1.54, 1.807) is 24.0 Å². The molecule has 3 aromatic rings. The van der Waals surface area contributed by atoms with Crippen LogP contribution in [0.3, 0.4) is 0 Å². The van der Waals surface area contributed by atoms with Crippen LogP contribution in [0.2, 0.25) is 0 Å². The molecule has 7 heteroatoms. The first-order valence-corrected chi connectivity index (χ1v) is 8.46. The summed E-state index contributed by atoms with van der Waals surface area (Å²) in [5.74, 6) is -0.675. The zero-order chi connectivity index (χ0) is 19.0. The Morgan fingerprint density at radius 2 is 2.00 bits per heavy atom. The Labute approximate surface area is 155 Å². The first-order valence-electron chi connectivity index (χ1n) is 8.46. The summed E-state index contributed by atoms with van der Waals surface area (Å²) < 4.78 is 5.69. The number of imidazole rings is 1. The van der Waals surface area contributed by atoms with Gasteiger partial charge in [-0.1, -0.05) is 24.3 Å². The highest BCUT2D eigenvalue weighted by Crippen LogP contribution is 2.28. The van der Waals surface area contributed by atoms with E-state index < -0.39 is 5.97 Å². The molecule has 0 unspecified atom stereocenters. The molecule has 0 radical (unpaired) electrons. The second kappa shape index (κ2) is 6.60. The van der Waals surface area contributed by atoms with Crippen LogP contribution in [0.15, 0.2) is 48.5 Å². The highest BCUT2D eigenvalue weighted by molar-refractivity contribution is 5.96. The van der Waals surface area contributed by atoms with Gasteiger partial charge in [0.05, 0.1) is 29.9 Å². The summed E-state index contributed by atoms with van der Waals surface area (Å²) in [6.07, 6.45) is 0.179. The molecule has 0 saturated carbocycles. The molecule has 0 bridgehead atoms. The molecule has 4 rings (SSSR count). The predicted octanol–water partition coefficient (Wildman–Crippen LogP) is 3.30. The fraction of sp³-hybridized carbons (Fsp3) is 0.150. The highest BCUT2D eigenvalue weighted by Gasteiger charge is 2.27. The van der Waals surface area contributed by atoms with Crippen molar-refractivity contribution < 1.29 is 19.4 Å². The number of hydrogen-bond donors (Lipinski definition) is 2. The van der Waals surface area contributed by atoms with Crippen LogP contribution in [0.1, 0.15) is 27.3 Å². The standard InChI is InChI=1S/C20H17N3O4/c1-12-7-8-14(9-15(12)19(25)26)27-20-21-16-10-18(24)23(11-17(16)22-20)13-5-3-2-4-6-13/h2-9H,10-11H2,1H3,(H,21,22)(H,25,26). The van der Waals surface area contributed by atoms with Crippen LogP contribution in [0, 0.1) is 6.92 Å². The molecule has 1 amide bonds. The topological polar surface area (TPSA) is 95.5 Å². The molecule has 7 nitrogen and oxygen atoms in total. The predicted molar refractivity (Wildman–Crippen MR) is 98.1 cm³/mol. The number of carbonyl (C=O) groups is 2. The number of benzene rings is 2. The molecule has 0 fully saturated rings. The summed E-state index contributed by atoms with van der Waals surface area (Å²) in [4.78, 5) is 32.9. The Morgan fingerprint density at radius 3 is 2.74 bits per heavy atom. The van der Waals surface area contributed by atoms with Gasteiger partial charge >= 0.3 is 5.97 Å². The number of nitrogens with zero attached hydrogens (tertiary/aromatic N) is 2. The summed E-state index contributed by atoms with van der Waals surface area (Å²) in [5.41, 5.74) is 3.11. The maximum absolute atomic E-state index is 12.4. The van der Waals surface area contributed by atoms with Crippen molar-refractivity contribution in [3.05, 3.63) is 71.0 Å². The van der Waals surface area contributed by atoms with Crippen LogP contribution in [0.4, 0.5) is 5.69 Å². The lowest BCUT2D eigenvalue weighted by Crippen LogP contribution is -2.36. The lowest BCUT2D eigenvalue weighted by Gasteiger charge is -2.26. The molecule has 2 aromatic carbocycles. The molecule has 1 aromatic heterocycles. The molecule has 136 valence electrons. The Morgan fingerprint density at radius 1 is 1.22 bits per heavy atom. The third kappa shape index (κ3) is 3.27. The number of rotatable bonds is 4. The average molecular weight is 363 g/mol. The van der Waals surface area contributed by atoms with E-state index in [0.29, 0.717) is 23.6 Å². The number of amides is 1. The van der Waals surface area contributed by atoms with Crippen LogP contribution in [0.5, 0.6) is 11.8 Å². The van der Waals surface area contributed by atoms with E-state index in [4.69, 9.17) is 4.74 Å². The second-order valence-electron chi connectivity index (χ2n) is 6.34. The normalized spacial score (nSPS) is 13.4. The van der Waals surface area contributed by atoms with Gasteiger partial charge in [0.2, 0.25) is 5.91 Å². The molecule has 0 atom stereocenters. The van der Waals surface area contributed by atoms with Gasteiger partial charge in [0, 0.05) is 5.69 Å². The molecule has 0 aliphatic carbocycles. The Hall–Kier alpha value is -3.61. The summed E-state index contributed by atoms with van der Waals surface area (Å²) >= 11 is 0. The minimum absolute atomic E-state index is 0.0322. The average Bonchev–Trinajstić information content (AvgIpc) is 3.04. The van der Waals surface area contributed by atoms with Crippen molar-refractivity contribution in [2.24, 2.45) is 0 Å². The number of H-pyrrole nitrogens is 1. The number of anilines is 1. The van der Waals surface area contributed by atoms with Crippen LogP contribution < -0.4 is 9.64 Å². The van der Waals surface area contributed by atoms with Crippen LogP contribution in [-0.4, -0.2) is 27.0 Å². The van der Waals surface area contributed by atoms with Gasteiger partial charge in [-0.25, -0.2) is 4.79 Å². The zero-order valence-corrected chi connectivity index (χ0v) is 14.6. The summed E-state index contributed by atoms with van der Waals surface area (Å²) in [7, 11) is 0. The van der Waals surface area contributed by atoms with E-state index in [1.165, 1.54) is 6.07 Å². The molecule has 2 N–H and O–H groups in total. The molecule has 0 saturated heterocycles. The van der Waals surface area contributed by atoms with Crippen molar-refractivity contribution >= 4 is 17.6 Å². The van der Waals surface area contributed by atoms with Gasteiger partial charge < -0.3 is 19.7 Å². The van der Waals surface area contributed by atoms with E-state index in [2.05, 4.69) is 9.97 Å². The van der Waals surface area contributed by atoms with Gasteiger partial charge in [-0.3, -0.25) is 4.79 Å². The van der Waals surface area contributed by atoms with Crippen molar-refractivity contribution in [2.75, 3.05) is 4.90 Å². The third-order valence-electron chi connectivity index (χ3n) is 4.50. The number of carbonyl (C=O) groups excluding carboxylic acids is 1. The molecule has 2 heterocycles. The number of ether oxygens (including phenoxy) is 1. The van der Waals surface area contributed by atoms with Crippen molar-refractivity contribution in [3.8, 4) is 11.8 Å². The smallest absolute Gasteiger partial charge is 0.336 e. The molecular formula is C20H17N3O4. The molecule has 1 aliphatic rings. The third-order valence-corrected chi connectivity index (χ3v) is 4.50. The van der Waals surface area contributed by atoms with Crippen molar-refractivity contribution in [1.29, 1.82) is 0 Å². The number of carboxylic acids is 1. The minimum atomic E-state index is -1.01. The SMILES string of the molecule is Cc1ccc(Oc2nc3c([nH]2)CN(c2ccccc2)C(=O)C3)cc1C(=O)O. The number of para-hydroxylation sites is 1. The van der Waals surface area contributed by atoms with Gasteiger partial charge in [-0.2, -0.15) is 4.98 Å². The molecule has 0 spiro atoms. The van der Waals surface area contributed by atoms with Gasteiger partial charge in [0.1, 0.15) is 5.75 Å². The molecule has 1 aliphatic heterocycles.